The van der Waals surface area contributed by atoms with E-state index in [-0.39, 0.29) is 73.1 Å². The fraction of sp³-hybridized carbons (Fsp3) is 0.414. The van der Waals surface area contributed by atoms with Crippen molar-refractivity contribution in [3.63, 3.8) is 0 Å². The highest BCUT2D eigenvalue weighted by molar-refractivity contribution is 7.99. The van der Waals surface area contributed by atoms with E-state index in [0.717, 1.165) is 4.90 Å². The lowest BCUT2D eigenvalue weighted by Gasteiger charge is -2.18. The van der Waals surface area contributed by atoms with Crippen molar-refractivity contribution in [1.29, 1.82) is 0 Å². The number of thioether (sulfide) groups is 1. The molecule has 0 radical (unpaired) electrons. The smallest absolute Gasteiger partial charge is 0.407 e. The molecular weight excluding hydrogens is 614 g/mol. The molecule has 0 saturated carbocycles. The topological polar surface area (TPSA) is 193 Å². The summed E-state index contributed by atoms with van der Waals surface area (Å²) in [6.07, 6.45) is -2.77. The molecule has 1 heterocycles. The van der Waals surface area contributed by atoms with Crippen LogP contribution in [0.4, 0.5) is 9.59 Å². The first-order valence-electron chi connectivity index (χ1n) is 13.6. The van der Waals surface area contributed by atoms with Crippen LogP contribution in [-0.4, -0.2) is 104 Å². The second-order valence-electron chi connectivity index (χ2n) is 9.37. The molecule has 1 unspecified atom stereocenters. The number of nitrogens with zero attached hydrogens (tertiary/aromatic N) is 1. The summed E-state index contributed by atoms with van der Waals surface area (Å²) in [5.41, 5.74) is 0.878. The maximum atomic E-state index is 12.4. The van der Waals surface area contributed by atoms with Crippen LogP contribution in [0, 0.1) is 0 Å². The molecule has 1 aliphatic heterocycles. The lowest BCUT2D eigenvalue weighted by Crippen LogP contribution is -2.37. The second-order valence-corrected chi connectivity index (χ2v) is 10.5. The van der Waals surface area contributed by atoms with Gasteiger partial charge in [-0.05, 0) is 26.0 Å². The molecular formula is C29H35N3O12S. The molecule has 1 aromatic rings. The maximum Gasteiger partial charge on any atom is 0.407 e. The molecule has 0 aliphatic carbocycles. The maximum absolute atomic E-state index is 12.4. The first-order valence-corrected chi connectivity index (χ1v) is 14.7. The van der Waals surface area contributed by atoms with Crippen molar-refractivity contribution in [1.82, 2.24) is 15.5 Å². The minimum Gasteiger partial charge on any atom is -0.460 e. The average molecular weight is 650 g/mol. The molecule has 15 nitrogen and oxygen atoms in total. The number of hydrogen-bond acceptors (Lipinski definition) is 13. The number of nitrogens with one attached hydrogen (secondary N) is 2. The Labute approximate surface area is 263 Å². The van der Waals surface area contributed by atoms with Crippen LogP contribution in [0.15, 0.2) is 48.6 Å². The van der Waals surface area contributed by atoms with Crippen LogP contribution >= 0.6 is 11.8 Å². The van der Waals surface area contributed by atoms with Gasteiger partial charge in [-0.15, -0.1) is 0 Å². The van der Waals surface area contributed by atoms with Gasteiger partial charge in [-0.3, -0.25) is 14.4 Å². The molecule has 2 rings (SSSR count). The molecule has 2 N–H and O–H groups in total. The van der Waals surface area contributed by atoms with Gasteiger partial charge in [0.15, 0.2) is 6.73 Å². The predicted molar refractivity (Wildman–Crippen MR) is 159 cm³/mol. The number of carbonyl (C=O) groups is 7. The standard InChI is InChI=1S/C29H35N3O12S/c1-18(2)26(36)40-12-10-30-28(38)42-15-20(44-29(39)31-11-13-41-27(37)19(3)4)16-45-14-9-23(33)43-17-32-24(34)21-7-5-6-8-22(21)25(32)35/h5-8,20H,1,3,9-17H2,2,4H3,(H,30,38)(H,31,39). The average Bonchev–Trinajstić information content (AvgIpc) is 3.25. The highest BCUT2D eigenvalue weighted by atomic mass is 32.2. The minimum absolute atomic E-state index is 0.0374. The van der Waals surface area contributed by atoms with Gasteiger partial charge < -0.3 is 34.3 Å². The van der Waals surface area contributed by atoms with Crippen LogP contribution in [0.1, 0.15) is 41.0 Å². The van der Waals surface area contributed by atoms with Gasteiger partial charge >= 0.3 is 30.1 Å². The van der Waals surface area contributed by atoms with Crippen molar-refractivity contribution in [3.05, 3.63) is 59.7 Å². The van der Waals surface area contributed by atoms with E-state index in [1.54, 1.807) is 12.1 Å². The molecule has 0 bridgehead atoms. The third kappa shape index (κ3) is 12.7. The van der Waals surface area contributed by atoms with E-state index in [2.05, 4.69) is 23.8 Å². The summed E-state index contributed by atoms with van der Waals surface area (Å²) >= 11 is 1.19. The Kier molecular flexibility index (Phi) is 15.1. The van der Waals surface area contributed by atoms with Crippen LogP contribution in [0.25, 0.3) is 0 Å². The van der Waals surface area contributed by atoms with Crippen molar-refractivity contribution in [2.75, 3.05) is 51.1 Å². The highest BCUT2D eigenvalue weighted by Crippen LogP contribution is 2.22. The van der Waals surface area contributed by atoms with Gasteiger partial charge in [0, 0.05) is 22.7 Å². The Bertz CT molecular complexity index is 1280. The van der Waals surface area contributed by atoms with Crippen molar-refractivity contribution in [3.8, 4) is 0 Å². The van der Waals surface area contributed by atoms with E-state index in [1.807, 2.05) is 0 Å². The zero-order valence-corrected chi connectivity index (χ0v) is 25.7. The third-order valence-corrected chi connectivity index (χ3v) is 6.67. The zero-order chi connectivity index (χ0) is 33.4. The molecule has 0 fully saturated rings. The number of ether oxygens (including phenoxy) is 5. The summed E-state index contributed by atoms with van der Waals surface area (Å²) in [6, 6.07) is 6.28. The summed E-state index contributed by atoms with van der Waals surface area (Å²) < 4.78 is 25.2. The lowest BCUT2D eigenvalue weighted by atomic mass is 10.1. The number of alkyl carbamates (subject to hydrolysis) is 2. The largest absolute Gasteiger partial charge is 0.460 e. The number of imide groups is 1. The number of amides is 4. The quantitative estimate of drug-likeness (QED) is 0.0772. The van der Waals surface area contributed by atoms with E-state index < -0.39 is 54.7 Å². The number of benzene rings is 1. The highest BCUT2D eigenvalue weighted by Gasteiger charge is 2.35. The molecule has 16 heteroatoms. The summed E-state index contributed by atoms with van der Waals surface area (Å²) in [7, 11) is 0. The Hall–Kier alpha value is -4.86. The lowest BCUT2D eigenvalue weighted by molar-refractivity contribution is -0.145. The monoisotopic (exact) mass is 649 g/mol. The molecule has 1 atom stereocenters. The van der Waals surface area contributed by atoms with Crippen LogP contribution in [0.2, 0.25) is 0 Å². The number of carbonyl (C=O) groups excluding carboxylic acids is 7. The molecule has 0 saturated heterocycles. The molecule has 0 aromatic heterocycles. The molecule has 0 spiro atoms. The zero-order valence-electron chi connectivity index (χ0n) is 24.9. The van der Waals surface area contributed by atoms with E-state index >= 15 is 0 Å². The van der Waals surface area contributed by atoms with Gasteiger partial charge in [-0.2, -0.15) is 11.8 Å². The summed E-state index contributed by atoms with van der Waals surface area (Å²) in [4.78, 5) is 85.0. The summed E-state index contributed by atoms with van der Waals surface area (Å²) in [5, 5.41) is 4.78. The number of esters is 3. The van der Waals surface area contributed by atoms with Crippen molar-refractivity contribution >= 4 is 53.7 Å². The second kappa shape index (κ2) is 18.7. The summed E-state index contributed by atoms with van der Waals surface area (Å²) in [5.74, 6) is -2.68. The Morgan fingerprint density at radius 2 is 1.36 bits per heavy atom. The molecule has 244 valence electrons. The predicted octanol–water partition coefficient (Wildman–Crippen LogP) is 1.97. The SMILES string of the molecule is C=C(C)C(=O)OCCNC(=O)OCC(CSCCC(=O)OCN1C(=O)c2ccccc2C1=O)OC(=O)NCCOC(=O)C(=C)C. The first-order chi connectivity index (χ1) is 21.4. The molecule has 4 amide bonds. The van der Waals surface area contributed by atoms with Gasteiger partial charge in [0.1, 0.15) is 25.9 Å². The minimum atomic E-state index is -0.950. The van der Waals surface area contributed by atoms with Gasteiger partial charge in [0.2, 0.25) is 0 Å². The molecule has 1 aromatic carbocycles. The van der Waals surface area contributed by atoms with E-state index in [4.69, 9.17) is 23.7 Å². The Morgan fingerprint density at radius 3 is 1.89 bits per heavy atom. The normalized spacial score (nSPS) is 12.4. The number of fused-ring (bicyclic) bond motifs is 1. The van der Waals surface area contributed by atoms with Gasteiger partial charge in [-0.1, -0.05) is 25.3 Å². The fourth-order valence-electron chi connectivity index (χ4n) is 3.30. The Morgan fingerprint density at radius 1 is 0.822 bits per heavy atom. The first kappa shape index (κ1) is 36.3. The van der Waals surface area contributed by atoms with E-state index in [9.17, 15) is 33.6 Å². The van der Waals surface area contributed by atoms with Crippen LogP contribution in [0.3, 0.4) is 0 Å². The van der Waals surface area contributed by atoms with Crippen molar-refractivity contribution < 1.29 is 57.2 Å². The van der Waals surface area contributed by atoms with Gasteiger partial charge in [0.05, 0.1) is 30.6 Å². The molecule has 1 aliphatic rings. The molecule has 45 heavy (non-hydrogen) atoms. The number of hydrogen-bond donors (Lipinski definition) is 2. The van der Waals surface area contributed by atoms with Gasteiger partial charge in [0.25, 0.3) is 11.8 Å². The van der Waals surface area contributed by atoms with Crippen LogP contribution in [0.5, 0.6) is 0 Å². The van der Waals surface area contributed by atoms with Crippen molar-refractivity contribution in [2.24, 2.45) is 0 Å². The van der Waals surface area contributed by atoms with E-state index in [0.29, 0.717) is 0 Å². The third-order valence-electron chi connectivity index (χ3n) is 5.57. The van der Waals surface area contributed by atoms with Crippen molar-refractivity contribution in [2.45, 2.75) is 26.4 Å². The van der Waals surface area contributed by atoms with E-state index in [1.165, 1.54) is 37.7 Å². The summed E-state index contributed by atoms with van der Waals surface area (Å²) in [6.45, 7) is 8.64. The number of rotatable bonds is 18. The van der Waals surface area contributed by atoms with Gasteiger partial charge in [-0.25, -0.2) is 24.1 Å². The van der Waals surface area contributed by atoms with Crippen LogP contribution < -0.4 is 10.6 Å². The van der Waals surface area contributed by atoms with Crippen LogP contribution in [-0.2, 0) is 38.1 Å². The Balaban J connectivity index is 1.77. The fourth-order valence-corrected chi connectivity index (χ4v) is 4.21.